The normalized spacial score (nSPS) is 13.3. The third-order valence-electron chi connectivity index (χ3n) is 3.16. The zero-order valence-electron chi connectivity index (χ0n) is 12.6. The van der Waals surface area contributed by atoms with Crippen molar-refractivity contribution in [3.8, 4) is 10.6 Å². The lowest BCUT2D eigenvalue weighted by Crippen LogP contribution is -2.33. The van der Waals surface area contributed by atoms with Crippen molar-refractivity contribution in [2.24, 2.45) is 0 Å². The molecule has 122 valence electrons. The number of furan rings is 1. The fourth-order valence-electron chi connectivity index (χ4n) is 2.17. The molecule has 0 radical (unpaired) electrons. The number of aryl methyl sites for hydroxylation is 1. The van der Waals surface area contributed by atoms with E-state index < -0.39 is 10.0 Å². The number of nitrogens with one attached hydrogen (secondary N) is 1. The Hall–Kier alpha value is -1.90. The lowest BCUT2D eigenvalue weighted by Gasteiger charge is -2.11. The maximum Gasteiger partial charge on any atom is 0.250 e. The van der Waals surface area contributed by atoms with E-state index in [1.165, 1.54) is 0 Å². The predicted octanol–water partition coefficient (Wildman–Crippen LogP) is 3.21. The molecule has 1 N–H and O–H groups in total. The van der Waals surface area contributed by atoms with Gasteiger partial charge in [-0.05, 0) is 38.1 Å². The van der Waals surface area contributed by atoms with Gasteiger partial charge in [0.05, 0.1) is 16.8 Å². The first-order valence-corrected chi connectivity index (χ1v) is 9.32. The zero-order valence-corrected chi connectivity index (χ0v) is 14.3. The Morgan fingerprint density at radius 1 is 1.35 bits per heavy atom. The van der Waals surface area contributed by atoms with Gasteiger partial charge in [0.25, 0.3) is 0 Å². The average molecular weight is 352 g/mol. The minimum absolute atomic E-state index is 0.243. The second-order valence-electron chi connectivity index (χ2n) is 5.26. The Morgan fingerprint density at radius 3 is 2.83 bits per heavy atom. The smallest absolute Gasteiger partial charge is 0.250 e. The first-order chi connectivity index (χ1) is 10.9. The number of aromatic nitrogens is 1. The molecule has 3 rings (SSSR count). The van der Waals surface area contributed by atoms with Crippen LogP contribution in [0.1, 0.15) is 18.4 Å². The van der Waals surface area contributed by atoms with Gasteiger partial charge in [0, 0.05) is 18.5 Å². The lowest BCUT2D eigenvalue weighted by atomic mass is 10.2. The summed E-state index contributed by atoms with van der Waals surface area (Å²) in [5, 5.41) is 3.81. The van der Waals surface area contributed by atoms with E-state index >= 15 is 0 Å². The molecule has 3 aromatic rings. The van der Waals surface area contributed by atoms with Crippen LogP contribution in [0.15, 0.2) is 49.7 Å². The Kier molecular flexibility index (Phi) is 4.38. The lowest BCUT2D eigenvalue weighted by molar-refractivity contribution is 0.428. The summed E-state index contributed by atoms with van der Waals surface area (Å²) in [6.07, 6.45) is 2.06. The summed E-state index contributed by atoms with van der Waals surface area (Å²) < 4.78 is 38.2. The molecule has 1 atom stereocenters. The molecule has 23 heavy (non-hydrogen) atoms. The molecule has 0 unspecified atom stereocenters. The molecule has 0 aliphatic heterocycles. The molecule has 0 aliphatic carbocycles. The Labute approximate surface area is 138 Å². The summed E-state index contributed by atoms with van der Waals surface area (Å²) in [6, 6.07) is 8.39. The molecule has 0 fully saturated rings. The summed E-state index contributed by atoms with van der Waals surface area (Å²) in [4.78, 5) is 0.727. The molecule has 3 heterocycles. The summed E-state index contributed by atoms with van der Waals surface area (Å²) in [6.45, 7) is 3.62. The number of hydrogen-bond acceptors (Lipinski definition) is 6. The average Bonchev–Trinajstić information content (AvgIpc) is 3.17. The number of nitrogens with zero attached hydrogens (tertiary/aromatic N) is 1. The second-order valence-corrected chi connectivity index (χ2v) is 8.28. The monoisotopic (exact) mass is 352 g/mol. The van der Waals surface area contributed by atoms with Crippen molar-refractivity contribution in [2.45, 2.75) is 30.5 Å². The largest absolute Gasteiger partial charge is 0.469 e. The van der Waals surface area contributed by atoms with Crippen molar-refractivity contribution in [1.29, 1.82) is 0 Å². The van der Waals surface area contributed by atoms with E-state index in [1.807, 2.05) is 13.0 Å². The van der Waals surface area contributed by atoms with Crippen molar-refractivity contribution in [3.63, 3.8) is 0 Å². The van der Waals surface area contributed by atoms with Crippen LogP contribution in [0.5, 0.6) is 0 Å². The fraction of sp³-hybridized carbons (Fsp3) is 0.267. The minimum atomic E-state index is -3.58. The van der Waals surface area contributed by atoms with Crippen LogP contribution in [-0.2, 0) is 16.4 Å². The van der Waals surface area contributed by atoms with Crippen LogP contribution < -0.4 is 4.72 Å². The highest BCUT2D eigenvalue weighted by Gasteiger charge is 2.21. The van der Waals surface area contributed by atoms with Gasteiger partial charge in [-0.2, -0.15) is 0 Å². The molecule has 0 amide bonds. The summed E-state index contributed by atoms with van der Waals surface area (Å²) in [5.41, 5.74) is 0.753. The van der Waals surface area contributed by atoms with Crippen LogP contribution in [0.2, 0.25) is 0 Å². The Balaban J connectivity index is 1.73. The number of hydrogen-bond donors (Lipinski definition) is 1. The molecule has 0 saturated heterocycles. The Morgan fingerprint density at radius 2 is 2.17 bits per heavy atom. The van der Waals surface area contributed by atoms with Gasteiger partial charge >= 0.3 is 0 Å². The maximum absolute atomic E-state index is 12.4. The Bertz CT molecular complexity index is 878. The van der Waals surface area contributed by atoms with Crippen molar-refractivity contribution in [3.05, 3.63) is 48.0 Å². The number of thiophene rings is 1. The molecular weight excluding hydrogens is 336 g/mol. The second kappa shape index (κ2) is 6.31. The highest BCUT2D eigenvalue weighted by molar-refractivity contribution is 7.91. The number of sulfonamides is 1. The molecule has 3 aromatic heterocycles. The molecule has 8 heteroatoms. The van der Waals surface area contributed by atoms with E-state index in [4.69, 9.17) is 8.94 Å². The van der Waals surface area contributed by atoms with Gasteiger partial charge in [-0.25, -0.2) is 13.1 Å². The fourth-order valence-corrected chi connectivity index (χ4v) is 4.69. The summed E-state index contributed by atoms with van der Waals surface area (Å²) >= 11 is 1.15. The first kappa shape index (κ1) is 16.0. The van der Waals surface area contributed by atoms with Crippen LogP contribution in [0.4, 0.5) is 0 Å². The topological polar surface area (TPSA) is 85.3 Å². The van der Waals surface area contributed by atoms with Crippen molar-refractivity contribution in [2.75, 3.05) is 0 Å². The third-order valence-corrected chi connectivity index (χ3v) is 6.34. The van der Waals surface area contributed by atoms with E-state index in [2.05, 4.69) is 9.88 Å². The molecule has 6 nitrogen and oxygen atoms in total. The van der Waals surface area contributed by atoms with Gasteiger partial charge in [0.2, 0.25) is 10.0 Å². The molecule has 0 saturated carbocycles. The molecule has 0 aromatic carbocycles. The van der Waals surface area contributed by atoms with Crippen molar-refractivity contribution < 1.29 is 17.4 Å². The standard InChI is InChI=1S/C15H16N2O4S2/c1-10-9-13(21-16-10)14-5-6-15(22-14)23(18,19)17-11(2)8-12-4-3-7-20-12/h3-7,9,11,17H,8H2,1-2H3/t11-/m0/s1. The highest BCUT2D eigenvalue weighted by atomic mass is 32.2. The van der Waals surface area contributed by atoms with Crippen LogP contribution >= 0.6 is 11.3 Å². The van der Waals surface area contributed by atoms with Gasteiger partial charge in [-0.3, -0.25) is 0 Å². The predicted molar refractivity (Wildman–Crippen MR) is 86.7 cm³/mol. The van der Waals surface area contributed by atoms with Gasteiger partial charge in [-0.15, -0.1) is 11.3 Å². The zero-order chi connectivity index (χ0) is 16.4. The van der Waals surface area contributed by atoms with E-state index in [0.29, 0.717) is 12.2 Å². The number of rotatable bonds is 6. The van der Waals surface area contributed by atoms with Crippen molar-refractivity contribution >= 4 is 21.4 Å². The molecule has 0 spiro atoms. The van der Waals surface area contributed by atoms with Gasteiger partial charge < -0.3 is 8.94 Å². The highest BCUT2D eigenvalue weighted by Crippen LogP contribution is 2.31. The van der Waals surface area contributed by atoms with E-state index in [9.17, 15) is 8.42 Å². The van der Waals surface area contributed by atoms with E-state index in [1.54, 1.807) is 37.5 Å². The first-order valence-electron chi connectivity index (χ1n) is 7.02. The third kappa shape index (κ3) is 3.72. The SMILES string of the molecule is Cc1cc(-c2ccc(S(=O)(=O)N[C@@H](C)Cc3ccco3)s2)on1. The minimum Gasteiger partial charge on any atom is -0.469 e. The summed E-state index contributed by atoms with van der Waals surface area (Å²) in [7, 11) is -3.58. The van der Waals surface area contributed by atoms with Gasteiger partial charge in [0.1, 0.15) is 9.97 Å². The molecule has 0 bridgehead atoms. The van der Waals surface area contributed by atoms with E-state index in [0.717, 1.165) is 27.7 Å². The van der Waals surface area contributed by atoms with Gasteiger partial charge in [-0.1, -0.05) is 5.16 Å². The van der Waals surface area contributed by atoms with Crippen LogP contribution in [0.3, 0.4) is 0 Å². The van der Waals surface area contributed by atoms with E-state index in [-0.39, 0.29) is 10.3 Å². The molecular formula is C15H16N2O4S2. The van der Waals surface area contributed by atoms with Gasteiger partial charge in [0.15, 0.2) is 5.76 Å². The summed E-state index contributed by atoms with van der Waals surface area (Å²) in [5.74, 6) is 1.31. The van der Waals surface area contributed by atoms with Crippen LogP contribution in [0.25, 0.3) is 10.6 Å². The maximum atomic E-state index is 12.4. The van der Waals surface area contributed by atoms with Crippen molar-refractivity contribution in [1.82, 2.24) is 9.88 Å². The van der Waals surface area contributed by atoms with Crippen LogP contribution in [-0.4, -0.2) is 19.6 Å². The molecule has 0 aliphatic rings. The van der Waals surface area contributed by atoms with Crippen LogP contribution in [0, 0.1) is 6.92 Å². The quantitative estimate of drug-likeness (QED) is 0.736.